The van der Waals surface area contributed by atoms with Gasteiger partial charge in [-0.25, -0.2) is 8.78 Å². The number of hydrogen-bond acceptors (Lipinski definition) is 2. The van der Waals surface area contributed by atoms with Crippen LogP contribution in [0.4, 0.5) is 17.6 Å². The van der Waals surface area contributed by atoms with Crippen LogP contribution in [0.2, 0.25) is 0 Å². The van der Waals surface area contributed by atoms with Crippen molar-refractivity contribution in [2.75, 3.05) is 13.7 Å². The second-order valence-electron chi connectivity index (χ2n) is 3.62. The number of benzene rings is 1. The molecule has 0 aliphatic carbocycles. The van der Waals surface area contributed by atoms with Crippen molar-refractivity contribution in [1.29, 1.82) is 0 Å². The lowest BCUT2D eigenvalue weighted by Gasteiger charge is -2.16. The van der Waals surface area contributed by atoms with Gasteiger partial charge in [0.2, 0.25) is 0 Å². The van der Waals surface area contributed by atoms with E-state index in [1.54, 1.807) is 18.2 Å². The maximum absolute atomic E-state index is 12.7. The Kier molecular flexibility index (Phi) is 5.40. The van der Waals surface area contributed by atoms with Crippen LogP contribution < -0.4 is 10.1 Å². The molecule has 2 nitrogen and oxygen atoms in total. The molecule has 0 radical (unpaired) electrons. The van der Waals surface area contributed by atoms with E-state index in [1.165, 1.54) is 7.11 Å². The number of methoxy groups -OCH3 is 1. The van der Waals surface area contributed by atoms with E-state index >= 15 is 0 Å². The molecule has 1 aromatic carbocycles. The van der Waals surface area contributed by atoms with E-state index in [-0.39, 0.29) is 6.54 Å². The predicted octanol–water partition coefficient (Wildman–Crippen LogP) is 3.45. The summed E-state index contributed by atoms with van der Waals surface area (Å²) in [5.74, 6) is -3.52. The minimum Gasteiger partial charge on any atom is -0.496 e. The van der Waals surface area contributed by atoms with Gasteiger partial charge in [-0.15, -0.1) is 0 Å². The first-order valence-corrected chi connectivity index (χ1v) is 5.85. The molecule has 102 valence electrons. The quantitative estimate of drug-likeness (QED) is 0.807. The first-order valence-electron chi connectivity index (χ1n) is 5.06. The molecule has 1 N–H and O–H groups in total. The number of nitrogens with one attached hydrogen (secondary N) is 1. The van der Waals surface area contributed by atoms with E-state index in [1.807, 2.05) is 0 Å². The Bertz CT molecular complexity index is 401. The lowest BCUT2D eigenvalue weighted by atomic mass is 10.2. The summed E-state index contributed by atoms with van der Waals surface area (Å²) >= 11 is 3.23. The van der Waals surface area contributed by atoms with Gasteiger partial charge in [0.1, 0.15) is 5.75 Å². The molecule has 0 spiro atoms. The molecule has 0 unspecified atom stereocenters. The van der Waals surface area contributed by atoms with Crippen LogP contribution in [-0.2, 0) is 6.54 Å². The predicted molar refractivity (Wildman–Crippen MR) is 63.4 cm³/mol. The van der Waals surface area contributed by atoms with Crippen molar-refractivity contribution in [1.82, 2.24) is 5.32 Å². The first-order chi connectivity index (χ1) is 8.36. The summed E-state index contributed by atoms with van der Waals surface area (Å²) in [6.45, 7) is -1.06. The largest absolute Gasteiger partial charge is 0.496 e. The van der Waals surface area contributed by atoms with Crippen molar-refractivity contribution >= 4 is 15.9 Å². The van der Waals surface area contributed by atoms with Crippen LogP contribution in [0.5, 0.6) is 5.75 Å². The summed E-state index contributed by atoms with van der Waals surface area (Å²) in [5.41, 5.74) is 0.608. The molecular weight excluding hydrogens is 318 g/mol. The molecule has 0 aromatic heterocycles. The zero-order chi connectivity index (χ0) is 13.8. The van der Waals surface area contributed by atoms with Crippen molar-refractivity contribution < 1.29 is 22.3 Å². The van der Waals surface area contributed by atoms with Crippen molar-refractivity contribution in [2.45, 2.75) is 18.9 Å². The number of rotatable bonds is 6. The van der Waals surface area contributed by atoms with Gasteiger partial charge in [0.25, 0.3) is 0 Å². The number of alkyl halides is 4. The highest BCUT2D eigenvalue weighted by Crippen LogP contribution is 2.24. The topological polar surface area (TPSA) is 21.3 Å². The first kappa shape index (κ1) is 15.2. The summed E-state index contributed by atoms with van der Waals surface area (Å²) in [6, 6.07) is 5.06. The smallest absolute Gasteiger partial charge is 0.319 e. The molecule has 0 amide bonds. The number of halogens is 5. The monoisotopic (exact) mass is 329 g/mol. The third-order valence-electron chi connectivity index (χ3n) is 2.24. The minimum atomic E-state index is -4.03. The molecule has 0 heterocycles. The summed E-state index contributed by atoms with van der Waals surface area (Å²) < 4.78 is 55.0. The van der Waals surface area contributed by atoms with Crippen LogP contribution in [0.1, 0.15) is 5.56 Å². The normalized spacial score (nSPS) is 11.9. The Morgan fingerprint density at radius 1 is 1.39 bits per heavy atom. The maximum atomic E-state index is 12.7. The molecular formula is C11H12BrF4NO. The van der Waals surface area contributed by atoms with Gasteiger partial charge in [0.15, 0.2) is 0 Å². The van der Waals surface area contributed by atoms with Crippen molar-refractivity contribution in [3.05, 3.63) is 28.2 Å². The minimum absolute atomic E-state index is 0.0188. The highest BCUT2D eigenvalue weighted by molar-refractivity contribution is 9.10. The molecule has 0 aliphatic rings. The Morgan fingerprint density at radius 2 is 2.06 bits per heavy atom. The van der Waals surface area contributed by atoms with Gasteiger partial charge in [-0.2, -0.15) is 8.78 Å². The number of ether oxygens (including phenoxy) is 1. The summed E-state index contributed by atoms with van der Waals surface area (Å²) in [5, 5.41) is 2.29. The molecule has 18 heavy (non-hydrogen) atoms. The fraction of sp³-hybridized carbons (Fsp3) is 0.455. The summed E-state index contributed by atoms with van der Waals surface area (Å²) in [6.07, 6.45) is -3.67. The highest BCUT2D eigenvalue weighted by atomic mass is 79.9. The average Bonchev–Trinajstić information content (AvgIpc) is 2.29. The van der Waals surface area contributed by atoms with E-state index in [9.17, 15) is 17.6 Å². The Balaban J connectivity index is 2.61. The lowest BCUT2D eigenvalue weighted by molar-refractivity contribution is -0.125. The van der Waals surface area contributed by atoms with Crippen molar-refractivity contribution in [3.8, 4) is 5.75 Å². The van der Waals surface area contributed by atoms with Gasteiger partial charge < -0.3 is 10.1 Å². The molecule has 7 heteroatoms. The van der Waals surface area contributed by atoms with Gasteiger partial charge in [0.05, 0.1) is 13.7 Å². The zero-order valence-electron chi connectivity index (χ0n) is 9.52. The van der Waals surface area contributed by atoms with Crippen LogP contribution in [0.3, 0.4) is 0 Å². The highest BCUT2D eigenvalue weighted by Gasteiger charge is 2.39. The fourth-order valence-corrected chi connectivity index (χ4v) is 1.73. The van der Waals surface area contributed by atoms with E-state index in [4.69, 9.17) is 4.74 Å². The van der Waals surface area contributed by atoms with E-state index in [2.05, 4.69) is 21.2 Å². The van der Waals surface area contributed by atoms with Gasteiger partial charge in [0, 0.05) is 16.6 Å². The van der Waals surface area contributed by atoms with Crippen molar-refractivity contribution in [3.63, 3.8) is 0 Å². The van der Waals surface area contributed by atoms with E-state index in [0.717, 1.165) is 4.47 Å². The lowest BCUT2D eigenvalue weighted by Crippen LogP contribution is -2.38. The molecule has 0 aliphatic heterocycles. The molecule has 1 aromatic rings. The molecule has 1 rings (SSSR count). The summed E-state index contributed by atoms with van der Waals surface area (Å²) in [4.78, 5) is 0. The molecule has 0 saturated carbocycles. The van der Waals surface area contributed by atoms with Crippen LogP contribution in [0, 0.1) is 0 Å². The number of hydrogen-bond donors (Lipinski definition) is 1. The molecule has 0 fully saturated rings. The van der Waals surface area contributed by atoms with Crippen LogP contribution in [-0.4, -0.2) is 26.0 Å². The zero-order valence-corrected chi connectivity index (χ0v) is 11.1. The summed E-state index contributed by atoms with van der Waals surface area (Å²) in [7, 11) is 1.44. The van der Waals surface area contributed by atoms with Gasteiger partial charge >= 0.3 is 12.3 Å². The molecule has 0 atom stereocenters. The maximum Gasteiger partial charge on any atom is 0.319 e. The second-order valence-corrected chi connectivity index (χ2v) is 4.54. The van der Waals surface area contributed by atoms with Gasteiger partial charge in [-0.05, 0) is 18.2 Å². The Labute approximate surface area is 110 Å². The van der Waals surface area contributed by atoms with E-state index in [0.29, 0.717) is 11.3 Å². The molecule has 0 saturated heterocycles. The van der Waals surface area contributed by atoms with E-state index < -0.39 is 18.9 Å². The fourth-order valence-electron chi connectivity index (χ4n) is 1.33. The third-order valence-corrected chi connectivity index (χ3v) is 2.73. The van der Waals surface area contributed by atoms with Crippen LogP contribution >= 0.6 is 15.9 Å². The SMILES string of the molecule is COc1ccc(Br)cc1CNCC(F)(F)C(F)F. The Morgan fingerprint density at radius 3 is 2.61 bits per heavy atom. The van der Waals surface area contributed by atoms with Crippen LogP contribution in [0.15, 0.2) is 22.7 Å². The van der Waals surface area contributed by atoms with Gasteiger partial charge in [-0.3, -0.25) is 0 Å². The average molecular weight is 330 g/mol. The second kappa shape index (κ2) is 6.38. The standard InChI is InChI=1S/C11H12BrF4NO/c1-18-9-3-2-8(12)4-7(9)5-17-6-11(15,16)10(13)14/h2-4,10,17H,5-6H2,1H3. The van der Waals surface area contributed by atoms with Crippen LogP contribution in [0.25, 0.3) is 0 Å². The third kappa shape index (κ3) is 4.13. The van der Waals surface area contributed by atoms with Gasteiger partial charge in [-0.1, -0.05) is 15.9 Å². The molecule has 0 bridgehead atoms. The Hall–Kier alpha value is -0.820. The van der Waals surface area contributed by atoms with Crippen molar-refractivity contribution in [2.24, 2.45) is 0 Å².